The van der Waals surface area contributed by atoms with Crippen LogP contribution >= 0.6 is 11.8 Å². The number of nitrogens with zero attached hydrogens (tertiary/aromatic N) is 1. The normalized spacial score (nSPS) is 19.2. The predicted molar refractivity (Wildman–Crippen MR) is 93.4 cm³/mol. The van der Waals surface area contributed by atoms with E-state index in [0.717, 1.165) is 28.3 Å². The third kappa shape index (κ3) is 2.69. The highest BCUT2D eigenvalue weighted by molar-refractivity contribution is 7.99. The predicted octanol–water partition coefficient (Wildman–Crippen LogP) is 3.82. The molecule has 0 N–H and O–H groups in total. The average molecular weight is 339 g/mol. The molecule has 0 aliphatic carbocycles. The first-order valence-electron chi connectivity index (χ1n) is 8.06. The Morgan fingerprint density at radius 3 is 2.88 bits per heavy atom. The van der Waals surface area contributed by atoms with Gasteiger partial charge in [-0.15, -0.1) is 11.8 Å². The molecular weight excluding hydrogens is 322 g/mol. The highest BCUT2D eigenvalue weighted by Crippen LogP contribution is 2.37. The third-order valence-electron chi connectivity index (χ3n) is 4.38. The summed E-state index contributed by atoms with van der Waals surface area (Å²) < 4.78 is 5.42. The summed E-state index contributed by atoms with van der Waals surface area (Å²) in [6, 6.07) is 15.3. The zero-order valence-electron chi connectivity index (χ0n) is 13.1. The Hall–Kier alpha value is -2.27. The Kier molecular flexibility index (Phi) is 4.02. The van der Waals surface area contributed by atoms with E-state index in [0.29, 0.717) is 12.1 Å². The van der Waals surface area contributed by atoms with Crippen LogP contribution in [-0.2, 0) is 9.53 Å². The zero-order valence-corrected chi connectivity index (χ0v) is 13.9. The summed E-state index contributed by atoms with van der Waals surface area (Å²) >= 11 is 1.78. The number of carbonyl (C=O) groups excluding carboxylic acids is 2. The maximum atomic E-state index is 12.9. The summed E-state index contributed by atoms with van der Waals surface area (Å²) in [4.78, 5) is 27.8. The van der Waals surface area contributed by atoms with E-state index in [1.54, 1.807) is 17.8 Å². The van der Waals surface area contributed by atoms with Gasteiger partial charge in [0.1, 0.15) is 6.10 Å². The number of fused-ring (bicyclic) bond motifs is 2. The van der Waals surface area contributed by atoms with Crippen LogP contribution < -0.4 is 4.90 Å². The molecule has 0 unspecified atom stereocenters. The van der Waals surface area contributed by atoms with Crippen LogP contribution in [0.25, 0.3) is 0 Å². The first-order chi connectivity index (χ1) is 11.7. The van der Waals surface area contributed by atoms with Gasteiger partial charge in [-0.3, -0.25) is 4.79 Å². The number of cyclic esters (lactones) is 1. The molecule has 1 atom stereocenters. The lowest BCUT2D eigenvalue weighted by Gasteiger charge is -2.24. The Morgan fingerprint density at radius 1 is 1.17 bits per heavy atom. The highest BCUT2D eigenvalue weighted by atomic mass is 32.2. The third-order valence-corrected chi connectivity index (χ3v) is 5.53. The van der Waals surface area contributed by atoms with E-state index < -0.39 is 6.10 Å². The molecule has 2 aromatic carbocycles. The molecule has 5 heteroatoms. The number of rotatable bonds is 2. The monoisotopic (exact) mass is 339 g/mol. The van der Waals surface area contributed by atoms with Gasteiger partial charge in [0.15, 0.2) is 0 Å². The zero-order chi connectivity index (χ0) is 16.5. The lowest BCUT2D eigenvalue weighted by molar-refractivity contribution is -0.120. The Labute approximate surface area is 144 Å². The van der Waals surface area contributed by atoms with Crippen LogP contribution in [0.4, 0.5) is 5.69 Å². The highest BCUT2D eigenvalue weighted by Gasteiger charge is 2.34. The molecule has 0 bridgehead atoms. The second-order valence-electron chi connectivity index (χ2n) is 5.90. The Balaban J connectivity index is 1.58. The lowest BCUT2D eigenvalue weighted by Crippen LogP contribution is -2.32. The van der Waals surface area contributed by atoms with Crippen molar-refractivity contribution in [3.05, 3.63) is 59.7 Å². The van der Waals surface area contributed by atoms with Crippen molar-refractivity contribution in [2.75, 3.05) is 17.2 Å². The molecule has 122 valence electrons. The molecule has 0 radical (unpaired) electrons. The number of hydrogen-bond donors (Lipinski definition) is 0. The van der Waals surface area contributed by atoms with Crippen LogP contribution in [0.15, 0.2) is 53.4 Å². The molecule has 2 aromatic rings. The SMILES string of the molecule is O=C1O[C@H](CC(=O)N2CCCSc3ccccc32)c2ccccc21. The standard InChI is InChI=1S/C19H17NO3S/c21-18(12-16-13-6-1-2-7-14(13)19(22)23-16)20-10-5-11-24-17-9-4-3-8-15(17)20/h1-4,6-9,16H,5,10-12H2/t16-/m1/s1. The van der Waals surface area contributed by atoms with Crippen molar-refractivity contribution >= 4 is 29.3 Å². The smallest absolute Gasteiger partial charge is 0.339 e. The molecule has 0 spiro atoms. The summed E-state index contributed by atoms with van der Waals surface area (Å²) in [6.07, 6.45) is 0.651. The fourth-order valence-corrected chi connectivity index (χ4v) is 4.22. The van der Waals surface area contributed by atoms with Gasteiger partial charge in [-0.05, 0) is 30.4 Å². The minimum Gasteiger partial charge on any atom is -0.453 e. The number of anilines is 1. The van der Waals surface area contributed by atoms with Crippen molar-refractivity contribution in [3.8, 4) is 0 Å². The van der Waals surface area contributed by atoms with Gasteiger partial charge in [-0.2, -0.15) is 0 Å². The molecule has 24 heavy (non-hydrogen) atoms. The molecule has 0 aromatic heterocycles. The van der Waals surface area contributed by atoms with Crippen molar-refractivity contribution in [2.45, 2.75) is 23.8 Å². The molecule has 0 fully saturated rings. The van der Waals surface area contributed by atoms with Crippen LogP contribution in [0, 0.1) is 0 Å². The topological polar surface area (TPSA) is 46.6 Å². The summed E-state index contributed by atoms with van der Waals surface area (Å²) in [7, 11) is 0. The maximum Gasteiger partial charge on any atom is 0.339 e. The van der Waals surface area contributed by atoms with E-state index >= 15 is 0 Å². The van der Waals surface area contributed by atoms with Gasteiger partial charge < -0.3 is 9.64 Å². The van der Waals surface area contributed by atoms with E-state index in [1.165, 1.54) is 0 Å². The number of benzene rings is 2. The van der Waals surface area contributed by atoms with Crippen molar-refractivity contribution in [1.29, 1.82) is 0 Å². The molecule has 2 aliphatic rings. The first kappa shape index (κ1) is 15.3. The lowest BCUT2D eigenvalue weighted by atomic mass is 10.0. The van der Waals surface area contributed by atoms with Crippen LogP contribution in [0.3, 0.4) is 0 Å². The average Bonchev–Trinajstić information content (AvgIpc) is 2.79. The minimum atomic E-state index is -0.482. The fraction of sp³-hybridized carbons (Fsp3) is 0.263. The second-order valence-corrected chi connectivity index (χ2v) is 7.04. The largest absolute Gasteiger partial charge is 0.453 e. The molecule has 0 saturated heterocycles. The Morgan fingerprint density at radius 2 is 1.96 bits per heavy atom. The van der Waals surface area contributed by atoms with Crippen LogP contribution in [0.1, 0.15) is 34.9 Å². The first-order valence-corrected chi connectivity index (χ1v) is 9.05. The van der Waals surface area contributed by atoms with Gasteiger partial charge in [-0.1, -0.05) is 30.3 Å². The van der Waals surface area contributed by atoms with Gasteiger partial charge in [0.25, 0.3) is 0 Å². The fourth-order valence-electron chi connectivity index (χ4n) is 3.23. The van der Waals surface area contributed by atoms with Gasteiger partial charge in [0.05, 0.1) is 17.7 Å². The summed E-state index contributed by atoms with van der Waals surface area (Å²) in [6.45, 7) is 0.700. The van der Waals surface area contributed by atoms with E-state index in [1.807, 2.05) is 41.3 Å². The van der Waals surface area contributed by atoms with E-state index in [4.69, 9.17) is 4.74 Å². The van der Waals surface area contributed by atoms with Gasteiger partial charge in [-0.25, -0.2) is 4.79 Å². The number of para-hydroxylation sites is 1. The maximum absolute atomic E-state index is 12.9. The molecule has 4 rings (SSSR count). The molecule has 2 heterocycles. The van der Waals surface area contributed by atoms with Gasteiger partial charge >= 0.3 is 5.97 Å². The summed E-state index contributed by atoms with van der Waals surface area (Å²) in [5, 5.41) is 0. The number of ether oxygens (including phenoxy) is 1. The van der Waals surface area contributed by atoms with Crippen molar-refractivity contribution in [2.24, 2.45) is 0 Å². The Bertz CT molecular complexity index is 805. The van der Waals surface area contributed by atoms with Crippen LogP contribution in [-0.4, -0.2) is 24.2 Å². The van der Waals surface area contributed by atoms with Crippen molar-refractivity contribution in [1.82, 2.24) is 0 Å². The van der Waals surface area contributed by atoms with E-state index in [-0.39, 0.29) is 18.3 Å². The molecule has 2 aliphatic heterocycles. The second kappa shape index (κ2) is 6.32. The number of amides is 1. The molecule has 4 nitrogen and oxygen atoms in total. The van der Waals surface area contributed by atoms with Crippen LogP contribution in [0.5, 0.6) is 0 Å². The van der Waals surface area contributed by atoms with Gasteiger partial charge in [0, 0.05) is 17.0 Å². The number of esters is 1. The number of hydrogen-bond acceptors (Lipinski definition) is 4. The summed E-state index contributed by atoms with van der Waals surface area (Å²) in [5.41, 5.74) is 2.35. The van der Waals surface area contributed by atoms with Crippen LogP contribution in [0.2, 0.25) is 0 Å². The molecule has 0 saturated carbocycles. The quantitative estimate of drug-likeness (QED) is 0.781. The molecule has 1 amide bonds. The minimum absolute atomic E-state index is 0.000506. The van der Waals surface area contributed by atoms with E-state index in [2.05, 4.69) is 6.07 Å². The molecular formula is C19H17NO3S. The van der Waals surface area contributed by atoms with Crippen molar-refractivity contribution in [3.63, 3.8) is 0 Å². The van der Waals surface area contributed by atoms with Gasteiger partial charge in [0.2, 0.25) is 5.91 Å². The number of thioether (sulfide) groups is 1. The number of carbonyl (C=O) groups is 2. The van der Waals surface area contributed by atoms with E-state index in [9.17, 15) is 9.59 Å². The van der Waals surface area contributed by atoms with Crippen molar-refractivity contribution < 1.29 is 14.3 Å². The summed E-state index contributed by atoms with van der Waals surface area (Å²) in [5.74, 6) is 0.664.